The van der Waals surface area contributed by atoms with Crippen LogP contribution in [0.2, 0.25) is 0 Å². The first kappa shape index (κ1) is 20.6. The molecule has 0 radical (unpaired) electrons. The van der Waals surface area contributed by atoms with Gasteiger partial charge in [-0.3, -0.25) is 14.7 Å². The first-order chi connectivity index (χ1) is 15.0. The average molecular weight is 421 g/mol. The monoisotopic (exact) mass is 421 g/mol. The molecule has 3 aromatic rings. The molecule has 1 atom stereocenters. The number of rotatable bonds is 6. The fraction of sp³-hybridized carbons (Fsp3) is 0.200. The van der Waals surface area contributed by atoms with Crippen molar-refractivity contribution in [1.82, 2.24) is 20.5 Å². The molecule has 10 nitrogen and oxygen atoms in total. The van der Waals surface area contributed by atoms with Crippen molar-refractivity contribution in [2.45, 2.75) is 25.3 Å². The summed E-state index contributed by atoms with van der Waals surface area (Å²) >= 11 is 0. The van der Waals surface area contributed by atoms with E-state index < -0.39 is 19.3 Å². The molecule has 0 aliphatic carbocycles. The number of carbonyl (C=O) groups excluding carboxylic acids is 2. The molecule has 0 fully saturated rings. The van der Waals surface area contributed by atoms with Crippen LogP contribution in [0.5, 0.6) is 5.75 Å². The van der Waals surface area contributed by atoms with Crippen molar-refractivity contribution < 1.29 is 24.3 Å². The zero-order chi connectivity index (χ0) is 21.8. The quantitative estimate of drug-likeness (QED) is 0.362. The maximum absolute atomic E-state index is 12.6. The Morgan fingerprint density at radius 1 is 1.23 bits per heavy atom. The minimum absolute atomic E-state index is 0.0342. The van der Waals surface area contributed by atoms with Gasteiger partial charge in [-0.05, 0) is 42.2 Å². The van der Waals surface area contributed by atoms with Crippen molar-refractivity contribution in [2.24, 2.45) is 0 Å². The Hall–Kier alpha value is -3.70. The second kappa shape index (κ2) is 8.98. The largest absolute Gasteiger partial charge is 0.707 e. The van der Waals surface area contributed by atoms with E-state index in [1.165, 1.54) is 6.07 Å². The van der Waals surface area contributed by atoms with Gasteiger partial charge >= 0.3 is 7.32 Å². The topological polar surface area (TPSA) is 149 Å². The predicted molar refractivity (Wildman–Crippen MR) is 111 cm³/mol. The standard InChI is InChI=1S/C20H20BN5O5/c27-19-16(8-6-13-11-14(31-21(29)30)7-9-15(13)22-19)23-20(28)18-24-17(25-26-18)10-12-4-2-1-3-5-12/h1-5,7,9,11,16,29-30H,6,8,10H2,(H,22,27)(H,23,28)(H,24,25,26)/t16-/m0/s1. The van der Waals surface area contributed by atoms with Gasteiger partial charge in [0.1, 0.15) is 17.6 Å². The summed E-state index contributed by atoms with van der Waals surface area (Å²) in [4.78, 5) is 29.4. The van der Waals surface area contributed by atoms with E-state index in [1.807, 2.05) is 30.3 Å². The molecule has 5 N–H and O–H groups in total. The Morgan fingerprint density at radius 3 is 2.81 bits per heavy atom. The first-order valence-corrected chi connectivity index (χ1v) is 9.70. The summed E-state index contributed by atoms with van der Waals surface area (Å²) in [6.45, 7) is 0. The van der Waals surface area contributed by atoms with Crippen LogP contribution in [0.3, 0.4) is 0 Å². The van der Waals surface area contributed by atoms with Crippen molar-refractivity contribution >= 4 is 24.8 Å². The van der Waals surface area contributed by atoms with E-state index >= 15 is 0 Å². The second-order valence-electron chi connectivity index (χ2n) is 7.09. The van der Waals surface area contributed by atoms with Gasteiger partial charge < -0.3 is 25.3 Å². The Kier molecular flexibility index (Phi) is 5.96. The number of amides is 2. The van der Waals surface area contributed by atoms with Crippen molar-refractivity contribution in [3.8, 4) is 5.75 Å². The van der Waals surface area contributed by atoms with Crippen molar-refractivity contribution in [3.05, 3.63) is 71.3 Å². The van der Waals surface area contributed by atoms with Gasteiger partial charge in [-0.25, -0.2) is 4.98 Å². The highest BCUT2D eigenvalue weighted by atomic mass is 16.6. The molecule has 0 bridgehead atoms. The van der Waals surface area contributed by atoms with E-state index in [0.717, 1.165) is 11.1 Å². The molecular formula is C20H20BN5O5. The van der Waals surface area contributed by atoms with E-state index in [1.54, 1.807) is 12.1 Å². The van der Waals surface area contributed by atoms with Crippen LogP contribution in [0.25, 0.3) is 0 Å². The molecule has 0 saturated carbocycles. The van der Waals surface area contributed by atoms with Gasteiger partial charge in [0, 0.05) is 12.1 Å². The van der Waals surface area contributed by atoms with Crippen LogP contribution in [0, 0.1) is 0 Å². The number of nitrogens with zero attached hydrogens (tertiary/aromatic N) is 2. The van der Waals surface area contributed by atoms with Crippen LogP contribution in [0.1, 0.15) is 34.0 Å². The molecule has 0 unspecified atom stereocenters. The molecule has 1 aliphatic rings. The molecule has 0 spiro atoms. The van der Waals surface area contributed by atoms with Crippen LogP contribution in [0.15, 0.2) is 48.5 Å². The van der Waals surface area contributed by atoms with Gasteiger partial charge in [0.15, 0.2) is 0 Å². The average Bonchev–Trinajstić information content (AvgIpc) is 3.15. The van der Waals surface area contributed by atoms with E-state index in [2.05, 4.69) is 25.8 Å². The van der Waals surface area contributed by atoms with E-state index in [0.29, 0.717) is 30.8 Å². The number of aromatic amines is 1. The summed E-state index contributed by atoms with van der Waals surface area (Å²) < 4.78 is 4.85. The van der Waals surface area contributed by atoms with Crippen molar-refractivity contribution in [2.75, 3.05) is 5.32 Å². The van der Waals surface area contributed by atoms with Gasteiger partial charge in [-0.2, -0.15) is 0 Å². The smallest absolute Gasteiger partial charge is 0.512 e. The zero-order valence-electron chi connectivity index (χ0n) is 16.4. The lowest BCUT2D eigenvalue weighted by Crippen LogP contribution is -2.43. The van der Waals surface area contributed by atoms with Gasteiger partial charge in [-0.15, -0.1) is 5.10 Å². The molecule has 1 aromatic heterocycles. The summed E-state index contributed by atoms with van der Waals surface area (Å²) in [6.07, 6.45) is 1.31. The Labute approximate surface area is 177 Å². The normalized spacial score (nSPS) is 15.4. The summed E-state index contributed by atoms with van der Waals surface area (Å²) in [5, 5.41) is 30.0. The van der Waals surface area contributed by atoms with Gasteiger partial charge in [0.25, 0.3) is 5.91 Å². The lowest BCUT2D eigenvalue weighted by molar-refractivity contribution is -0.118. The van der Waals surface area contributed by atoms with Crippen LogP contribution < -0.4 is 15.3 Å². The molecule has 31 heavy (non-hydrogen) atoms. The molecule has 2 amide bonds. The number of anilines is 1. The van der Waals surface area contributed by atoms with Crippen molar-refractivity contribution in [3.63, 3.8) is 0 Å². The first-order valence-electron chi connectivity index (χ1n) is 9.70. The number of fused-ring (bicyclic) bond motifs is 1. The van der Waals surface area contributed by atoms with E-state index in [4.69, 9.17) is 14.7 Å². The number of hydrogen-bond donors (Lipinski definition) is 5. The highest BCUT2D eigenvalue weighted by Crippen LogP contribution is 2.26. The molecule has 158 valence electrons. The molecule has 0 saturated heterocycles. The summed E-state index contributed by atoms with van der Waals surface area (Å²) in [5.41, 5.74) is 2.36. The molecule has 1 aliphatic heterocycles. The number of H-pyrrole nitrogens is 1. The fourth-order valence-electron chi connectivity index (χ4n) is 3.37. The third-order valence-electron chi connectivity index (χ3n) is 4.85. The summed E-state index contributed by atoms with van der Waals surface area (Å²) in [6, 6.07) is 13.6. The SMILES string of the molecule is O=C(N[C@H]1CCc2cc(OB(O)O)ccc2NC1=O)c1n[nH]c(Cc2ccccc2)n1. The highest BCUT2D eigenvalue weighted by molar-refractivity contribution is 6.33. The van der Waals surface area contributed by atoms with Crippen molar-refractivity contribution in [1.29, 1.82) is 0 Å². The lowest BCUT2D eigenvalue weighted by Gasteiger charge is -2.14. The number of benzene rings is 2. The Balaban J connectivity index is 1.40. The van der Waals surface area contributed by atoms with Gasteiger partial charge in [0.05, 0.1) is 0 Å². The number of hydrogen-bond acceptors (Lipinski definition) is 7. The number of nitrogens with one attached hydrogen (secondary N) is 3. The number of aryl methyl sites for hydroxylation is 1. The predicted octanol–water partition coefficient (Wildman–Crippen LogP) is 0.427. The van der Waals surface area contributed by atoms with E-state index in [-0.39, 0.29) is 17.5 Å². The maximum Gasteiger partial charge on any atom is 0.707 e. The molecule has 2 heterocycles. The summed E-state index contributed by atoms with van der Waals surface area (Å²) in [5.74, 6) is -0.130. The van der Waals surface area contributed by atoms with E-state index in [9.17, 15) is 9.59 Å². The van der Waals surface area contributed by atoms with Crippen LogP contribution in [0.4, 0.5) is 5.69 Å². The molecule has 2 aromatic carbocycles. The van der Waals surface area contributed by atoms with Crippen LogP contribution in [-0.4, -0.2) is 50.4 Å². The second-order valence-corrected chi connectivity index (χ2v) is 7.09. The molecule has 4 rings (SSSR count). The maximum atomic E-state index is 12.6. The third kappa shape index (κ3) is 5.08. The van der Waals surface area contributed by atoms with Crippen LogP contribution >= 0.6 is 0 Å². The number of aromatic nitrogens is 3. The molecule has 11 heteroatoms. The minimum Gasteiger partial charge on any atom is -0.512 e. The Morgan fingerprint density at radius 2 is 2.03 bits per heavy atom. The van der Waals surface area contributed by atoms with Gasteiger partial charge in [0.2, 0.25) is 11.7 Å². The summed E-state index contributed by atoms with van der Waals surface area (Å²) in [7, 11) is -1.93. The Bertz CT molecular complexity index is 1090. The number of carbonyl (C=O) groups is 2. The van der Waals surface area contributed by atoms with Crippen LogP contribution in [-0.2, 0) is 17.6 Å². The highest BCUT2D eigenvalue weighted by Gasteiger charge is 2.27. The third-order valence-corrected chi connectivity index (χ3v) is 4.85. The lowest BCUT2D eigenvalue weighted by atomic mass is 10.1. The minimum atomic E-state index is -1.93. The molecular weight excluding hydrogens is 401 g/mol. The fourth-order valence-corrected chi connectivity index (χ4v) is 3.37. The van der Waals surface area contributed by atoms with Gasteiger partial charge in [-0.1, -0.05) is 30.3 Å². The zero-order valence-corrected chi connectivity index (χ0v) is 16.4.